The molecule has 170 valence electrons. The molecule has 0 saturated carbocycles. The number of hydrogen-bond donors (Lipinski definition) is 1. The summed E-state index contributed by atoms with van der Waals surface area (Å²) in [4.78, 5) is 10.7. The Morgan fingerprint density at radius 1 is 0.710 bits per heavy atom. The molecule has 0 aliphatic carbocycles. The first-order chi connectivity index (χ1) is 14.3. The lowest BCUT2D eigenvalue weighted by atomic mass is 9.82. The van der Waals surface area contributed by atoms with Gasteiger partial charge in [-0.15, -0.1) is 0 Å². The van der Waals surface area contributed by atoms with Crippen molar-refractivity contribution in [3.05, 3.63) is 57.6 Å². The van der Waals surface area contributed by atoms with E-state index >= 15 is 0 Å². The van der Waals surface area contributed by atoms with Crippen LogP contribution in [0.3, 0.4) is 0 Å². The monoisotopic (exact) mass is 444 g/mol. The predicted octanol–water partition coefficient (Wildman–Crippen LogP) is 8.20. The van der Waals surface area contributed by atoms with E-state index in [1.807, 2.05) is 0 Å². The van der Waals surface area contributed by atoms with Crippen molar-refractivity contribution in [2.45, 2.75) is 91.9 Å². The van der Waals surface area contributed by atoms with Crippen molar-refractivity contribution < 1.29 is 18.5 Å². The van der Waals surface area contributed by atoms with Gasteiger partial charge in [-0.25, -0.2) is 4.57 Å². The quantitative estimate of drug-likeness (QED) is 0.483. The molecule has 0 spiro atoms. The Morgan fingerprint density at radius 3 is 1.35 bits per heavy atom. The van der Waals surface area contributed by atoms with Crippen LogP contribution in [0.5, 0.6) is 11.5 Å². The number of rotatable bonds is 4. The van der Waals surface area contributed by atoms with Gasteiger partial charge in [0.1, 0.15) is 11.5 Å². The topological polar surface area (TPSA) is 55.8 Å². The van der Waals surface area contributed by atoms with Crippen molar-refractivity contribution in [2.75, 3.05) is 0 Å². The van der Waals surface area contributed by atoms with Gasteiger partial charge in [0.2, 0.25) is 0 Å². The first-order valence-electron chi connectivity index (χ1n) is 11.4. The molecule has 0 atom stereocenters. The molecule has 0 saturated heterocycles. The first kappa shape index (κ1) is 23.9. The molecule has 0 amide bonds. The van der Waals surface area contributed by atoms with Gasteiger partial charge in [0.25, 0.3) is 0 Å². The molecule has 1 aliphatic rings. The number of fused-ring (bicyclic) bond motifs is 2. The van der Waals surface area contributed by atoms with E-state index in [1.165, 1.54) is 11.1 Å². The van der Waals surface area contributed by atoms with Crippen molar-refractivity contribution in [3.8, 4) is 11.5 Å². The van der Waals surface area contributed by atoms with Gasteiger partial charge in [-0.05, 0) is 45.9 Å². The Hall–Kier alpha value is -1.77. The lowest BCUT2D eigenvalue weighted by Gasteiger charge is -2.31. The van der Waals surface area contributed by atoms with Crippen LogP contribution >= 0.6 is 7.82 Å². The highest BCUT2D eigenvalue weighted by Crippen LogP contribution is 2.56. The molecular weight excluding hydrogens is 407 g/mol. The van der Waals surface area contributed by atoms with Crippen LogP contribution in [0.1, 0.15) is 125 Å². The predicted molar refractivity (Wildman–Crippen MR) is 128 cm³/mol. The Labute approximate surface area is 187 Å². The third kappa shape index (κ3) is 4.71. The minimum atomic E-state index is -4.36. The largest absolute Gasteiger partial charge is 0.584 e. The fourth-order valence-electron chi connectivity index (χ4n) is 4.19. The Balaban J connectivity index is 2.40. The Kier molecular flexibility index (Phi) is 6.65. The molecule has 0 aromatic heterocycles. The summed E-state index contributed by atoms with van der Waals surface area (Å²) in [5.41, 5.74) is 6.20. The molecule has 31 heavy (non-hydrogen) atoms. The average Bonchev–Trinajstić information content (AvgIpc) is 2.65. The number of hydrogen-bond acceptors (Lipinski definition) is 3. The molecular formula is C26H37O4P. The second-order valence-corrected chi connectivity index (χ2v) is 11.4. The van der Waals surface area contributed by atoms with Gasteiger partial charge >= 0.3 is 7.82 Å². The van der Waals surface area contributed by atoms with Crippen LogP contribution in [0.2, 0.25) is 0 Å². The summed E-state index contributed by atoms with van der Waals surface area (Å²) in [5, 5.41) is 0. The Bertz CT molecular complexity index is 943. The van der Waals surface area contributed by atoms with E-state index in [0.29, 0.717) is 23.3 Å². The second-order valence-electron chi connectivity index (χ2n) is 10.0. The summed E-state index contributed by atoms with van der Waals surface area (Å²) < 4.78 is 24.7. The SMILES string of the molecule is CC(C)c1cc(C(C)C)c2c(c1)C(C)c1cc(C(C)C)cc(C(C)C)c1OP(=O)(O)O2. The van der Waals surface area contributed by atoms with Crippen molar-refractivity contribution >= 4 is 7.82 Å². The van der Waals surface area contributed by atoms with Gasteiger partial charge in [-0.3, -0.25) is 4.89 Å². The standard InChI is InChI=1S/C26H37O4P/c1-14(2)19-10-21(16(5)6)25-23(12-19)18(9)24-13-20(15(3)4)11-22(17(7)8)26(24)30-31(27,28)29-25/h10-18H,1-9H3,(H,27,28). The van der Waals surface area contributed by atoms with Crippen LogP contribution in [0, 0.1) is 0 Å². The van der Waals surface area contributed by atoms with E-state index in [-0.39, 0.29) is 17.8 Å². The van der Waals surface area contributed by atoms with E-state index in [1.54, 1.807) is 0 Å². The first-order valence-corrected chi connectivity index (χ1v) is 12.9. The molecule has 1 N–H and O–H groups in total. The molecule has 1 heterocycles. The van der Waals surface area contributed by atoms with Gasteiger partial charge in [0, 0.05) is 17.0 Å². The van der Waals surface area contributed by atoms with E-state index in [4.69, 9.17) is 9.05 Å². The van der Waals surface area contributed by atoms with Crippen LogP contribution in [0.4, 0.5) is 0 Å². The van der Waals surface area contributed by atoms with Gasteiger partial charge in [0.15, 0.2) is 0 Å². The normalized spacial score (nSPS) is 20.9. The summed E-state index contributed by atoms with van der Waals surface area (Å²) in [6.07, 6.45) is 0. The number of phosphoric ester groups is 1. The lowest BCUT2D eigenvalue weighted by molar-refractivity contribution is 0.282. The second kappa shape index (κ2) is 8.64. The van der Waals surface area contributed by atoms with Crippen molar-refractivity contribution in [2.24, 2.45) is 0 Å². The minimum Gasteiger partial charge on any atom is -0.395 e. The van der Waals surface area contributed by atoms with Crippen molar-refractivity contribution in [1.82, 2.24) is 0 Å². The summed E-state index contributed by atoms with van der Waals surface area (Å²) in [6.45, 7) is 19.1. The molecule has 5 heteroatoms. The minimum absolute atomic E-state index is 0.0438. The summed E-state index contributed by atoms with van der Waals surface area (Å²) in [5.74, 6) is 1.90. The summed E-state index contributed by atoms with van der Waals surface area (Å²) in [7, 11) is -4.36. The van der Waals surface area contributed by atoms with E-state index in [2.05, 4.69) is 86.6 Å². The van der Waals surface area contributed by atoms with Crippen LogP contribution in [-0.2, 0) is 4.57 Å². The molecule has 0 fully saturated rings. The molecule has 3 rings (SSSR count). The average molecular weight is 445 g/mol. The van der Waals surface area contributed by atoms with Gasteiger partial charge in [-0.2, -0.15) is 0 Å². The molecule has 0 radical (unpaired) electrons. The lowest BCUT2D eigenvalue weighted by Crippen LogP contribution is -2.15. The highest BCUT2D eigenvalue weighted by Gasteiger charge is 2.36. The maximum atomic E-state index is 13.1. The molecule has 2 aromatic rings. The molecule has 0 bridgehead atoms. The zero-order valence-corrected chi connectivity index (χ0v) is 21.2. The fraction of sp³-hybridized carbons (Fsp3) is 0.538. The highest BCUT2D eigenvalue weighted by atomic mass is 31.2. The molecule has 1 aliphatic heterocycles. The molecule has 2 aromatic carbocycles. The number of phosphoric acid groups is 1. The van der Waals surface area contributed by atoms with Crippen molar-refractivity contribution in [3.63, 3.8) is 0 Å². The van der Waals surface area contributed by atoms with E-state index < -0.39 is 7.82 Å². The van der Waals surface area contributed by atoms with Gasteiger partial charge < -0.3 is 9.05 Å². The van der Waals surface area contributed by atoms with Crippen LogP contribution < -0.4 is 9.05 Å². The third-order valence-corrected chi connectivity index (χ3v) is 7.09. The zero-order chi connectivity index (χ0) is 23.2. The smallest absolute Gasteiger partial charge is 0.395 e. The summed E-state index contributed by atoms with van der Waals surface area (Å²) >= 11 is 0. The van der Waals surface area contributed by atoms with Crippen LogP contribution in [-0.4, -0.2) is 4.89 Å². The third-order valence-electron chi connectivity index (χ3n) is 6.26. The Morgan fingerprint density at radius 2 is 1.06 bits per heavy atom. The van der Waals surface area contributed by atoms with Crippen LogP contribution in [0.15, 0.2) is 24.3 Å². The van der Waals surface area contributed by atoms with Crippen molar-refractivity contribution in [1.29, 1.82) is 0 Å². The van der Waals surface area contributed by atoms with Gasteiger partial charge in [-0.1, -0.05) is 86.6 Å². The molecule has 0 unspecified atom stereocenters. The van der Waals surface area contributed by atoms with E-state index in [9.17, 15) is 9.46 Å². The number of benzene rings is 2. The maximum Gasteiger partial charge on any atom is 0.584 e. The molecule has 4 nitrogen and oxygen atoms in total. The maximum absolute atomic E-state index is 13.1. The van der Waals surface area contributed by atoms with Crippen LogP contribution in [0.25, 0.3) is 0 Å². The summed E-state index contributed by atoms with van der Waals surface area (Å²) in [6, 6.07) is 8.49. The fourth-order valence-corrected chi connectivity index (χ4v) is 5.11. The van der Waals surface area contributed by atoms with Gasteiger partial charge in [0.05, 0.1) is 0 Å². The highest BCUT2D eigenvalue weighted by molar-refractivity contribution is 7.48. The van der Waals surface area contributed by atoms with E-state index in [0.717, 1.165) is 22.3 Å². The zero-order valence-electron chi connectivity index (χ0n) is 20.3.